The molecule has 1 aliphatic heterocycles. The van der Waals surface area contributed by atoms with Gasteiger partial charge in [-0.15, -0.1) is 0 Å². The fourth-order valence-electron chi connectivity index (χ4n) is 1.82. The molecular weight excluding hydrogens is 252 g/mol. The predicted octanol–water partition coefficient (Wildman–Crippen LogP) is -0.406. The Morgan fingerprint density at radius 1 is 1.47 bits per heavy atom. The number of rotatable bonds is 7. The number of hydrogen-bond donors (Lipinski definition) is 3. The quantitative estimate of drug-likeness (QED) is 0.582. The van der Waals surface area contributed by atoms with Gasteiger partial charge in [-0.3, -0.25) is 14.4 Å². The fraction of sp³-hybridized carbons (Fsp3) is 0.667. The number of ketones is 1. The van der Waals surface area contributed by atoms with E-state index in [4.69, 9.17) is 5.11 Å². The minimum Gasteiger partial charge on any atom is -0.480 e. The lowest BCUT2D eigenvalue weighted by Gasteiger charge is -2.17. The highest BCUT2D eigenvalue weighted by Gasteiger charge is 2.30. The van der Waals surface area contributed by atoms with Gasteiger partial charge in [-0.2, -0.15) is 0 Å². The van der Waals surface area contributed by atoms with Gasteiger partial charge in [0, 0.05) is 19.3 Å². The van der Waals surface area contributed by atoms with Crippen molar-refractivity contribution in [3.8, 4) is 0 Å². The van der Waals surface area contributed by atoms with Gasteiger partial charge in [0.25, 0.3) is 0 Å². The molecule has 0 aromatic carbocycles. The maximum absolute atomic E-state index is 11.7. The molecule has 0 spiro atoms. The Hall–Kier alpha value is -1.92. The maximum atomic E-state index is 11.7. The van der Waals surface area contributed by atoms with E-state index < -0.39 is 24.0 Å². The summed E-state index contributed by atoms with van der Waals surface area (Å²) in [6.07, 6.45) is 1.16. The molecule has 1 rings (SSSR count). The van der Waals surface area contributed by atoms with E-state index in [1.807, 2.05) is 0 Å². The summed E-state index contributed by atoms with van der Waals surface area (Å²) in [7, 11) is 0. The molecule has 0 aromatic rings. The van der Waals surface area contributed by atoms with Gasteiger partial charge in [-0.1, -0.05) is 6.92 Å². The summed E-state index contributed by atoms with van der Waals surface area (Å²) in [5, 5.41) is 13.8. The summed E-state index contributed by atoms with van der Waals surface area (Å²) in [6, 6.07) is -1.77. The molecule has 0 aliphatic carbocycles. The van der Waals surface area contributed by atoms with Gasteiger partial charge in [0.2, 0.25) is 11.8 Å². The first-order valence-corrected chi connectivity index (χ1v) is 6.28. The third kappa shape index (κ3) is 4.69. The smallest absolute Gasteiger partial charge is 0.326 e. The van der Waals surface area contributed by atoms with Crippen molar-refractivity contribution in [1.29, 1.82) is 0 Å². The number of carboxylic acids is 1. The Bertz CT molecular complexity index is 394. The van der Waals surface area contributed by atoms with Crippen LogP contribution in [0, 0.1) is 0 Å². The van der Waals surface area contributed by atoms with E-state index >= 15 is 0 Å². The molecule has 1 saturated heterocycles. The molecule has 1 heterocycles. The van der Waals surface area contributed by atoms with Gasteiger partial charge in [0.1, 0.15) is 17.9 Å². The Morgan fingerprint density at radius 3 is 2.63 bits per heavy atom. The largest absolute Gasteiger partial charge is 0.480 e. The molecule has 3 N–H and O–H groups in total. The van der Waals surface area contributed by atoms with Crippen LogP contribution in [0.25, 0.3) is 0 Å². The summed E-state index contributed by atoms with van der Waals surface area (Å²) in [6.45, 7) is 1.70. The summed E-state index contributed by atoms with van der Waals surface area (Å²) < 4.78 is 0. The third-order valence-corrected chi connectivity index (χ3v) is 3.03. The second-order valence-electron chi connectivity index (χ2n) is 4.49. The van der Waals surface area contributed by atoms with Crippen molar-refractivity contribution in [1.82, 2.24) is 10.6 Å². The molecule has 2 amide bonds. The highest BCUT2D eigenvalue weighted by Crippen LogP contribution is 2.08. The molecule has 1 fully saturated rings. The number of hydrogen-bond acceptors (Lipinski definition) is 4. The van der Waals surface area contributed by atoms with Crippen LogP contribution < -0.4 is 10.6 Å². The molecule has 0 unspecified atom stereocenters. The van der Waals surface area contributed by atoms with Crippen LogP contribution >= 0.6 is 0 Å². The van der Waals surface area contributed by atoms with E-state index in [-0.39, 0.29) is 31.0 Å². The SMILES string of the molecule is CCC(=O)CC[C@@H](NC(=O)[C@@H]1CCC(=O)N1)C(=O)O. The number of Topliss-reactive ketones (excluding diaryl/α,β-unsaturated/α-hetero) is 1. The number of carbonyl (C=O) groups excluding carboxylic acids is 3. The third-order valence-electron chi connectivity index (χ3n) is 3.03. The zero-order valence-electron chi connectivity index (χ0n) is 10.8. The first-order chi connectivity index (χ1) is 8.93. The van der Waals surface area contributed by atoms with Crippen LogP contribution in [0.2, 0.25) is 0 Å². The van der Waals surface area contributed by atoms with Crippen LogP contribution in [0.15, 0.2) is 0 Å². The normalized spacial score (nSPS) is 19.6. The van der Waals surface area contributed by atoms with E-state index in [0.29, 0.717) is 12.8 Å². The number of nitrogens with one attached hydrogen (secondary N) is 2. The van der Waals surface area contributed by atoms with Gasteiger partial charge in [0.15, 0.2) is 0 Å². The topological polar surface area (TPSA) is 113 Å². The minimum atomic E-state index is -1.18. The predicted molar refractivity (Wildman–Crippen MR) is 65.3 cm³/mol. The van der Waals surface area contributed by atoms with Crippen LogP contribution in [0.4, 0.5) is 0 Å². The minimum absolute atomic E-state index is 0.0466. The zero-order valence-corrected chi connectivity index (χ0v) is 10.8. The lowest BCUT2D eigenvalue weighted by molar-refractivity contribution is -0.142. The molecule has 0 saturated carbocycles. The van der Waals surface area contributed by atoms with Crippen molar-refractivity contribution in [3.63, 3.8) is 0 Å². The number of carbonyl (C=O) groups is 4. The van der Waals surface area contributed by atoms with Crippen LogP contribution in [0.3, 0.4) is 0 Å². The van der Waals surface area contributed by atoms with Gasteiger partial charge in [-0.05, 0) is 12.8 Å². The highest BCUT2D eigenvalue weighted by atomic mass is 16.4. The molecule has 0 aromatic heterocycles. The fourth-order valence-corrected chi connectivity index (χ4v) is 1.82. The van der Waals surface area contributed by atoms with Crippen LogP contribution in [0.1, 0.15) is 39.0 Å². The van der Waals surface area contributed by atoms with Crippen molar-refractivity contribution >= 4 is 23.6 Å². The first kappa shape index (κ1) is 15.1. The van der Waals surface area contributed by atoms with E-state index in [0.717, 1.165) is 0 Å². The molecule has 7 nitrogen and oxygen atoms in total. The second-order valence-corrected chi connectivity index (χ2v) is 4.49. The van der Waals surface area contributed by atoms with Crippen molar-refractivity contribution in [2.75, 3.05) is 0 Å². The van der Waals surface area contributed by atoms with Gasteiger partial charge < -0.3 is 15.7 Å². The Kier molecular flexibility index (Phi) is 5.47. The second kappa shape index (κ2) is 6.86. The number of aliphatic carboxylic acids is 1. The molecule has 19 heavy (non-hydrogen) atoms. The van der Waals surface area contributed by atoms with E-state index in [9.17, 15) is 19.2 Å². The van der Waals surface area contributed by atoms with E-state index in [2.05, 4.69) is 10.6 Å². The van der Waals surface area contributed by atoms with Gasteiger partial charge in [-0.25, -0.2) is 4.79 Å². The number of amides is 2. The Morgan fingerprint density at radius 2 is 2.16 bits per heavy atom. The average molecular weight is 270 g/mol. The Balaban J connectivity index is 2.48. The Labute approximate surface area is 110 Å². The molecule has 7 heteroatoms. The lowest BCUT2D eigenvalue weighted by Crippen LogP contribution is -2.48. The highest BCUT2D eigenvalue weighted by molar-refractivity contribution is 5.93. The van der Waals surface area contributed by atoms with Crippen LogP contribution in [-0.2, 0) is 19.2 Å². The summed E-state index contributed by atoms with van der Waals surface area (Å²) in [5.74, 6) is -1.95. The van der Waals surface area contributed by atoms with Crippen LogP contribution in [-0.4, -0.2) is 40.8 Å². The van der Waals surface area contributed by atoms with Gasteiger partial charge in [0.05, 0.1) is 0 Å². The molecule has 1 aliphatic rings. The standard InChI is InChI=1S/C12H18N2O5/c1-2-7(15)3-4-9(12(18)19)14-11(17)8-5-6-10(16)13-8/h8-9H,2-6H2,1H3,(H,13,16)(H,14,17)(H,18,19)/t8-,9+/m0/s1. The van der Waals surface area contributed by atoms with E-state index in [1.54, 1.807) is 6.92 Å². The molecule has 0 radical (unpaired) electrons. The van der Waals surface area contributed by atoms with Crippen molar-refractivity contribution in [3.05, 3.63) is 0 Å². The monoisotopic (exact) mass is 270 g/mol. The van der Waals surface area contributed by atoms with Crippen molar-refractivity contribution < 1.29 is 24.3 Å². The van der Waals surface area contributed by atoms with Crippen molar-refractivity contribution in [2.45, 2.75) is 51.1 Å². The molecule has 0 bridgehead atoms. The van der Waals surface area contributed by atoms with Gasteiger partial charge >= 0.3 is 5.97 Å². The lowest BCUT2D eigenvalue weighted by atomic mass is 10.1. The summed E-state index contributed by atoms with van der Waals surface area (Å²) in [4.78, 5) is 44.9. The molecule has 2 atom stereocenters. The van der Waals surface area contributed by atoms with Crippen molar-refractivity contribution in [2.24, 2.45) is 0 Å². The molecular formula is C12H18N2O5. The number of carboxylic acid groups (broad SMARTS) is 1. The zero-order chi connectivity index (χ0) is 14.4. The average Bonchev–Trinajstić information content (AvgIpc) is 2.80. The maximum Gasteiger partial charge on any atom is 0.326 e. The van der Waals surface area contributed by atoms with E-state index in [1.165, 1.54) is 0 Å². The van der Waals surface area contributed by atoms with Crippen LogP contribution in [0.5, 0.6) is 0 Å². The summed E-state index contributed by atoms with van der Waals surface area (Å²) in [5.41, 5.74) is 0. The summed E-state index contributed by atoms with van der Waals surface area (Å²) >= 11 is 0. The first-order valence-electron chi connectivity index (χ1n) is 6.28. The molecule has 106 valence electrons.